The minimum atomic E-state index is 0. The molecule has 0 aromatic carbocycles. The summed E-state index contributed by atoms with van der Waals surface area (Å²) in [6, 6.07) is 0.287. The second-order valence-electron chi connectivity index (χ2n) is 4.41. The third kappa shape index (κ3) is 3.10. The van der Waals surface area contributed by atoms with Gasteiger partial charge in [0.1, 0.15) is 5.82 Å². The highest BCUT2D eigenvalue weighted by atomic mass is 35.5. The van der Waals surface area contributed by atoms with E-state index in [4.69, 9.17) is 4.74 Å². The molecular weight excluding hydrogens is 263 g/mol. The maximum Gasteiger partial charge on any atom is 0.153 e. The van der Waals surface area contributed by atoms with Crippen LogP contribution in [-0.2, 0) is 4.74 Å². The lowest BCUT2D eigenvalue weighted by Gasteiger charge is -2.05. The van der Waals surface area contributed by atoms with E-state index in [1.54, 1.807) is 7.11 Å². The minimum absolute atomic E-state index is 0. The van der Waals surface area contributed by atoms with Crippen LogP contribution in [0.25, 0.3) is 0 Å². The van der Waals surface area contributed by atoms with Crippen LogP contribution in [-0.4, -0.2) is 34.9 Å². The molecule has 0 amide bonds. The van der Waals surface area contributed by atoms with Crippen LogP contribution in [0.2, 0.25) is 0 Å². The van der Waals surface area contributed by atoms with Crippen molar-refractivity contribution in [3.63, 3.8) is 0 Å². The average Bonchev–Trinajstić information content (AvgIpc) is 2.84. The molecule has 2 unspecified atom stereocenters. The first-order valence-electron chi connectivity index (χ1n) is 5.55. The molecule has 2 heterocycles. The Bertz CT molecular complexity index is 356. The SMILES string of the molecule is COC1CNC(c2nc(C3CC3)n[nH]2)C1.Cl.Cl. The van der Waals surface area contributed by atoms with E-state index < -0.39 is 0 Å². The first-order valence-corrected chi connectivity index (χ1v) is 5.55. The van der Waals surface area contributed by atoms with Crippen molar-refractivity contribution in [1.82, 2.24) is 20.5 Å². The molecule has 1 aromatic heterocycles. The van der Waals surface area contributed by atoms with Crippen molar-refractivity contribution in [2.45, 2.75) is 37.3 Å². The number of hydrogen-bond acceptors (Lipinski definition) is 4. The van der Waals surface area contributed by atoms with Gasteiger partial charge < -0.3 is 10.1 Å². The van der Waals surface area contributed by atoms with Crippen molar-refractivity contribution >= 4 is 24.8 Å². The molecule has 0 radical (unpaired) electrons. The molecule has 5 nitrogen and oxygen atoms in total. The lowest BCUT2D eigenvalue weighted by molar-refractivity contribution is 0.117. The Hall–Kier alpha value is -0.360. The van der Waals surface area contributed by atoms with E-state index >= 15 is 0 Å². The molecule has 17 heavy (non-hydrogen) atoms. The fourth-order valence-electron chi connectivity index (χ4n) is 2.06. The zero-order chi connectivity index (χ0) is 10.3. The Morgan fingerprint density at radius 3 is 2.65 bits per heavy atom. The van der Waals surface area contributed by atoms with Crippen LogP contribution < -0.4 is 5.32 Å². The van der Waals surface area contributed by atoms with E-state index in [0.29, 0.717) is 12.0 Å². The van der Waals surface area contributed by atoms with Gasteiger partial charge in [-0.2, -0.15) is 5.10 Å². The number of rotatable bonds is 3. The molecule has 3 rings (SSSR count). The summed E-state index contributed by atoms with van der Waals surface area (Å²) in [5.74, 6) is 2.58. The van der Waals surface area contributed by atoms with Gasteiger partial charge >= 0.3 is 0 Å². The zero-order valence-electron chi connectivity index (χ0n) is 9.68. The van der Waals surface area contributed by atoms with E-state index in [2.05, 4.69) is 20.5 Å². The van der Waals surface area contributed by atoms with E-state index in [0.717, 1.165) is 24.6 Å². The van der Waals surface area contributed by atoms with Gasteiger partial charge in [-0.3, -0.25) is 5.10 Å². The third-order valence-electron chi connectivity index (χ3n) is 3.22. The van der Waals surface area contributed by atoms with E-state index in [1.165, 1.54) is 12.8 Å². The summed E-state index contributed by atoms with van der Waals surface area (Å²) in [6.45, 7) is 0.903. The Labute approximate surface area is 113 Å². The van der Waals surface area contributed by atoms with Gasteiger partial charge in [0.25, 0.3) is 0 Å². The number of nitrogens with zero attached hydrogens (tertiary/aromatic N) is 2. The molecule has 2 aliphatic rings. The zero-order valence-corrected chi connectivity index (χ0v) is 11.3. The quantitative estimate of drug-likeness (QED) is 0.883. The second kappa shape index (κ2) is 6.00. The summed E-state index contributed by atoms with van der Waals surface area (Å²) >= 11 is 0. The number of H-pyrrole nitrogens is 1. The summed E-state index contributed by atoms with van der Waals surface area (Å²) in [7, 11) is 1.75. The van der Waals surface area contributed by atoms with Crippen LogP contribution in [0.3, 0.4) is 0 Å². The molecule has 0 bridgehead atoms. The largest absolute Gasteiger partial charge is 0.380 e. The molecule has 1 aromatic rings. The summed E-state index contributed by atoms with van der Waals surface area (Å²) < 4.78 is 5.30. The molecule has 2 atom stereocenters. The van der Waals surface area contributed by atoms with Gasteiger partial charge in [0.05, 0.1) is 12.1 Å². The number of aromatic amines is 1. The fraction of sp³-hybridized carbons (Fsp3) is 0.800. The van der Waals surface area contributed by atoms with Gasteiger partial charge in [-0.1, -0.05) is 0 Å². The normalized spacial score (nSPS) is 27.4. The highest BCUT2D eigenvalue weighted by Crippen LogP contribution is 2.38. The standard InChI is InChI=1S/C10H16N4O.2ClH/c1-15-7-4-8(11-5-7)10-12-9(13-14-10)6-2-3-6;;/h6-8,11H,2-5H2,1H3,(H,12,13,14);2*1H. The summed E-state index contributed by atoms with van der Waals surface area (Å²) in [4.78, 5) is 4.54. The van der Waals surface area contributed by atoms with Crippen LogP contribution >= 0.6 is 24.8 Å². The molecule has 2 N–H and O–H groups in total. The fourth-order valence-corrected chi connectivity index (χ4v) is 2.06. The number of methoxy groups -OCH3 is 1. The van der Waals surface area contributed by atoms with Crippen LogP contribution in [0.15, 0.2) is 0 Å². The topological polar surface area (TPSA) is 62.8 Å². The van der Waals surface area contributed by atoms with Crippen molar-refractivity contribution in [1.29, 1.82) is 0 Å². The van der Waals surface area contributed by atoms with Crippen molar-refractivity contribution in [3.05, 3.63) is 11.6 Å². The Morgan fingerprint density at radius 2 is 2.06 bits per heavy atom. The minimum Gasteiger partial charge on any atom is -0.380 e. The molecule has 7 heteroatoms. The van der Waals surface area contributed by atoms with Crippen LogP contribution in [0, 0.1) is 0 Å². The second-order valence-corrected chi connectivity index (χ2v) is 4.41. The highest BCUT2D eigenvalue weighted by molar-refractivity contribution is 5.85. The third-order valence-corrected chi connectivity index (χ3v) is 3.22. The lowest BCUT2D eigenvalue weighted by Crippen LogP contribution is -2.16. The molecule has 2 fully saturated rings. The van der Waals surface area contributed by atoms with Gasteiger partial charge in [-0.05, 0) is 19.3 Å². The average molecular weight is 281 g/mol. The molecular formula is C10H18Cl2N4O. The van der Waals surface area contributed by atoms with E-state index in [1.807, 2.05) is 0 Å². The summed E-state index contributed by atoms with van der Waals surface area (Å²) in [6.07, 6.45) is 3.78. The van der Waals surface area contributed by atoms with Gasteiger partial charge in [0, 0.05) is 19.6 Å². The predicted octanol–water partition coefficient (Wildman–Crippen LogP) is 1.58. The maximum absolute atomic E-state index is 5.30. The van der Waals surface area contributed by atoms with Crippen molar-refractivity contribution in [2.24, 2.45) is 0 Å². The number of nitrogens with one attached hydrogen (secondary N) is 2. The van der Waals surface area contributed by atoms with Gasteiger partial charge in [0.15, 0.2) is 5.82 Å². The Balaban J connectivity index is 0.000000722. The number of halogens is 2. The molecule has 1 aliphatic carbocycles. The Morgan fingerprint density at radius 1 is 1.29 bits per heavy atom. The molecule has 1 aliphatic heterocycles. The van der Waals surface area contributed by atoms with Crippen LogP contribution in [0.4, 0.5) is 0 Å². The van der Waals surface area contributed by atoms with E-state index in [-0.39, 0.29) is 30.9 Å². The number of aromatic nitrogens is 3. The van der Waals surface area contributed by atoms with E-state index in [9.17, 15) is 0 Å². The van der Waals surface area contributed by atoms with Crippen molar-refractivity contribution in [2.75, 3.05) is 13.7 Å². The monoisotopic (exact) mass is 280 g/mol. The molecule has 0 spiro atoms. The highest BCUT2D eigenvalue weighted by Gasteiger charge is 2.31. The molecule has 98 valence electrons. The van der Waals surface area contributed by atoms with Crippen LogP contribution in [0.1, 0.15) is 42.9 Å². The number of hydrogen-bond donors (Lipinski definition) is 2. The van der Waals surface area contributed by atoms with Gasteiger partial charge in [0.2, 0.25) is 0 Å². The number of ether oxygens (including phenoxy) is 1. The summed E-state index contributed by atoms with van der Waals surface area (Å²) in [5.41, 5.74) is 0. The molecule has 1 saturated carbocycles. The maximum atomic E-state index is 5.30. The smallest absolute Gasteiger partial charge is 0.153 e. The van der Waals surface area contributed by atoms with Crippen LogP contribution in [0.5, 0.6) is 0 Å². The van der Waals surface area contributed by atoms with Gasteiger partial charge in [-0.15, -0.1) is 24.8 Å². The Kier molecular flexibility index (Phi) is 5.19. The van der Waals surface area contributed by atoms with Gasteiger partial charge in [-0.25, -0.2) is 4.98 Å². The summed E-state index contributed by atoms with van der Waals surface area (Å²) in [5, 5.41) is 10.7. The lowest BCUT2D eigenvalue weighted by atomic mass is 10.2. The molecule has 1 saturated heterocycles. The van der Waals surface area contributed by atoms with Crippen molar-refractivity contribution in [3.8, 4) is 0 Å². The first kappa shape index (κ1) is 14.7. The first-order chi connectivity index (χ1) is 7.36. The van der Waals surface area contributed by atoms with Crippen molar-refractivity contribution < 1.29 is 4.74 Å². The predicted molar refractivity (Wildman–Crippen MR) is 69.0 cm³/mol.